The molecule has 0 aliphatic carbocycles. The number of rotatable bonds is 7. The topological polar surface area (TPSA) is 29.3 Å². The van der Waals surface area contributed by atoms with Gasteiger partial charge in [-0.15, -0.1) is 22.7 Å². The predicted octanol–water partition coefficient (Wildman–Crippen LogP) is 15.5. The first-order valence-electron chi connectivity index (χ1n) is 18.7. The largest absolute Gasteiger partial charge is 0.436 e. The van der Waals surface area contributed by atoms with Gasteiger partial charge in [0.15, 0.2) is 5.58 Å². The van der Waals surface area contributed by atoms with Crippen molar-refractivity contribution >= 4 is 81.1 Å². The summed E-state index contributed by atoms with van der Waals surface area (Å²) in [6.45, 7) is 0. The first-order chi connectivity index (χ1) is 27.7. The Kier molecular flexibility index (Phi) is 7.87. The average molecular weight is 753 g/mol. The second-order valence-corrected chi connectivity index (χ2v) is 16.1. The molecule has 0 spiro atoms. The van der Waals surface area contributed by atoms with Crippen LogP contribution in [0.1, 0.15) is 0 Å². The Balaban J connectivity index is 0.943. The summed E-state index contributed by atoms with van der Waals surface area (Å²) < 4.78 is 10.1. The van der Waals surface area contributed by atoms with Gasteiger partial charge in [-0.05, 0) is 112 Å². The lowest BCUT2D eigenvalue weighted by Crippen LogP contribution is -2.09. The van der Waals surface area contributed by atoms with Crippen LogP contribution in [0.15, 0.2) is 199 Å². The summed E-state index contributed by atoms with van der Waals surface area (Å²) in [6, 6.07) is 69.4. The maximum absolute atomic E-state index is 6.11. The molecule has 0 atom stereocenters. The zero-order valence-electron chi connectivity index (χ0n) is 30.1. The van der Waals surface area contributed by atoms with Crippen molar-refractivity contribution < 1.29 is 4.42 Å². The maximum Gasteiger partial charge on any atom is 0.227 e. The molecule has 0 fully saturated rings. The molecule has 0 saturated carbocycles. The predicted molar refractivity (Wildman–Crippen MR) is 239 cm³/mol. The Labute approximate surface area is 332 Å². The van der Waals surface area contributed by atoms with Crippen LogP contribution in [0.5, 0.6) is 0 Å². The molecule has 3 aromatic heterocycles. The first kappa shape index (κ1) is 32.6. The molecule has 264 valence electrons. The molecular formula is C51H32N2OS2. The molecule has 3 heterocycles. The molecule has 0 radical (unpaired) electrons. The molecule has 0 aliphatic rings. The van der Waals surface area contributed by atoms with Crippen LogP contribution >= 0.6 is 22.7 Å². The van der Waals surface area contributed by atoms with Crippen molar-refractivity contribution in [3.05, 3.63) is 194 Å². The zero-order valence-corrected chi connectivity index (χ0v) is 31.7. The Hall–Kier alpha value is -6.79. The molecular weight excluding hydrogens is 721 g/mol. The number of thiophene rings is 2. The highest BCUT2D eigenvalue weighted by atomic mass is 32.1. The van der Waals surface area contributed by atoms with Crippen LogP contribution < -0.4 is 4.90 Å². The quantitative estimate of drug-likeness (QED) is 0.162. The van der Waals surface area contributed by atoms with Crippen LogP contribution in [0, 0.1) is 0 Å². The molecule has 0 bridgehead atoms. The molecule has 3 nitrogen and oxygen atoms in total. The first-order valence-corrected chi connectivity index (χ1v) is 20.3. The third-order valence-electron chi connectivity index (χ3n) is 10.6. The van der Waals surface area contributed by atoms with Gasteiger partial charge in [-0.2, -0.15) is 0 Å². The van der Waals surface area contributed by atoms with Gasteiger partial charge >= 0.3 is 0 Å². The summed E-state index contributed by atoms with van der Waals surface area (Å²) in [7, 11) is 0. The van der Waals surface area contributed by atoms with E-state index >= 15 is 0 Å². The number of nitrogens with zero attached hydrogens (tertiary/aromatic N) is 2. The highest BCUT2D eigenvalue weighted by molar-refractivity contribution is 7.26. The average Bonchev–Trinajstić information content (AvgIpc) is 4.00. The summed E-state index contributed by atoms with van der Waals surface area (Å²) >= 11 is 3.71. The van der Waals surface area contributed by atoms with Gasteiger partial charge in [0.2, 0.25) is 5.89 Å². The minimum Gasteiger partial charge on any atom is -0.436 e. The van der Waals surface area contributed by atoms with Gasteiger partial charge in [0.1, 0.15) is 5.52 Å². The van der Waals surface area contributed by atoms with E-state index in [-0.39, 0.29) is 0 Å². The van der Waals surface area contributed by atoms with E-state index in [1.165, 1.54) is 63.0 Å². The molecule has 0 saturated heterocycles. The number of benzene rings is 8. The van der Waals surface area contributed by atoms with E-state index in [1.54, 1.807) is 0 Å². The van der Waals surface area contributed by atoms with Crippen molar-refractivity contribution in [3.63, 3.8) is 0 Å². The molecule has 0 amide bonds. The molecule has 11 rings (SSSR count). The summed E-state index contributed by atoms with van der Waals surface area (Å²) in [5.74, 6) is 0.617. The standard InChI is InChI=1S/C51H32N2OS2/c1-5-14-47-38(8-1)32-49(55-47)36-18-16-33(17-19-36)34-20-26-39(27-21-34)53(41-30-24-37(25-31-41)51-52-45-12-3-4-13-46(45)54-51)40-28-22-35(23-29-40)42-10-7-11-44-43-9-2-6-15-48(43)56-50(42)44/h1-32H. The van der Waals surface area contributed by atoms with Gasteiger partial charge in [-0.25, -0.2) is 4.98 Å². The number of fused-ring (bicyclic) bond motifs is 5. The molecule has 56 heavy (non-hydrogen) atoms. The van der Waals surface area contributed by atoms with Crippen LogP contribution in [-0.2, 0) is 0 Å². The smallest absolute Gasteiger partial charge is 0.227 e. The van der Waals surface area contributed by atoms with Gasteiger partial charge < -0.3 is 9.32 Å². The van der Waals surface area contributed by atoms with Gasteiger partial charge in [0.25, 0.3) is 0 Å². The maximum atomic E-state index is 6.11. The monoisotopic (exact) mass is 752 g/mol. The highest BCUT2D eigenvalue weighted by Gasteiger charge is 2.16. The number of hydrogen-bond acceptors (Lipinski definition) is 5. The lowest BCUT2D eigenvalue weighted by molar-refractivity contribution is 0.620. The minimum absolute atomic E-state index is 0.617. The fourth-order valence-electron chi connectivity index (χ4n) is 7.71. The summed E-state index contributed by atoms with van der Waals surface area (Å²) in [5.41, 5.74) is 11.8. The van der Waals surface area contributed by atoms with E-state index < -0.39 is 0 Å². The van der Waals surface area contributed by atoms with Crippen LogP contribution in [0.25, 0.3) is 85.5 Å². The molecule has 0 N–H and O–H groups in total. The minimum atomic E-state index is 0.617. The van der Waals surface area contributed by atoms with Crippen LogP contribution in [0.4, 0.5) is 17.1 Å². The SMILES string of the molecule is c1ccc2sc(-c3ccc(-c4ccc(N(c5ccc(-c6nc7ccccc7o6)cc5)c5ccc(-c6cccc7c6sc6ccccc67)cc5)cc4)cc3)cc2c1. The van der Waals surface area contributed by atoms with Crippen LogP contribution in [0.3, 0.4) is 0 Å². The highest BCUT2D eigenvalue weighted by Crippen LogP contribution is 2.42. The third kappa shape index (κ3) is 5.77. The number of para-hydroxylation sites is 2. The fourth-order valence-corrected chi connectivity index (χ4v) is 10.0. The van der Waals surface area contributed by atoms with Crippen molar-refractivity contribution in [1.29, 1.82) is 0 Å². The van der Waals surface area contributed by atoms with E-state index in [0.717, 1.165) is 33.7 Å². The van der Waals surface area contributed by atoms with Crippen molar-refractivity contribution in [1.82, 2.24) is 4.98 Å². The third-order valence-corrected chi connectivity index (χ3v) is 12.9. The summed E-state index contributed by atoms with van der Waals surface area (Å²) in [5, 5.41) is 3.91. The Morgan fingerprint density at radius 1 is 0.429 bits per heavy atom. The molecule has 5 heteroatoms. The Bertz CT molecular complexity index is 3110. The van der Waals surface area contributed by atoms with Gasteiger partial charge in [0.05, 0.1) is 0 Å². The molecule has 11 aromatic rings. The van der Waals surface area contributed by atoms with E-state index in [1.807, 2.05) is 46.9 Å². The number of anilines is 3. The lowest BCUT2D eigenvalue weighted by atomic mass is 10.0. The summed E-state index contributed by atoms with van der Waals surface area (Å²) in [6.07, 6.45) is 0. The van der Waals surface area contributed by atoms with E-state index in [2.05, 4.69) is 175 Å². The van der Waals surface area contributed by atoms with Crippen LogP contribution in [-0.4, -0.2) is 4.98 Å². The van der Waals surface area contributed by atoms with Crippen molar-refractivity contribution in [2.24, 2.45) is 0 Å². The Morgan fingerprint density at radius 3 is 1.71 bits per heavy atom. The van der Waals surface area contributed by atoms with Gasteiger partial charge in [0, 0.05) is 52.4 Å². The van der Waals surface area contributed by atoms with Crippen molar-refractivity contribution in [2.75, 3.05) is 4.90 Å². The number of oxazole rings is 1. The second kappa shape index (κ2) is 13.5. The van der Waals surface area contributed by atoms with Crippen molar-refractivity contribution in [2.45, 2.75) is 0 Å². The lowest BCUT2D eigenvalue weighted by Gasteiger charge is -2.26. The molecule has 8 aromatic carbocycles. The van der Waals surface area contributed by atoms with E-state index in [4.69, 9.17) is 9.40 Å². The van der Waals surface area contributed by atoms with Crippen molar-refractivity contribution in [3.8, 4) is 44.1 Å². The zero-order chi connectivity index (χ0) is 37.0. The Morgan fingerprint density at radius 2 is 1.00 bits per heavy atom. The second-order valence-electron chi connectivity index (χ2n) is 14.0. The molecule has 0 unspecified atom stereocenters. The van der Waals surface area contributed by atoms with E-state index in [0.29, 0.717) is 5.89 Å². The number of hydrogen-bond donors (Lipinski definition) is 0. The van der Waals surface area contributed by atoms with E-state index in [9.17, 15) is 0 Å². The van der Waals surface area contributed by atoms with Gasteiger partial charge in [-0.3, -0.25) is 0 Å². The van der Waals surface area contributed by atoms with Crippen LogP contribution in [0.2, 0.25) is 0 Å². The summed E-state index contributed by atoms with van der Waals surface area (Å²) in [4.78, 5) is 8.34. The fraction of sp³-hybridized carbons (Fsp3) is 0. The van der Waals surface area contributed by atoms with Gasteiger partial charge in [-0.1, -0.05) is 115 Å². The number of aromatic nitrogens is 1. The normalized spacial score (nSPS) is 11.6. The molecule has 0 aliphatic heterocycles.